The molecule has 1 fully saturated rings. The van der Waals surface area contributed by atoms with Gasteiger partial charge in [0.05, 0.1) is 5.54 Å². The van der Waals surface area contributed by atoms with Gasteiger partial charge in [0.25, 0.3) is 5.91 Å². The number of fused-ring (bicyclic) bond motifs is 1. The summed E-state index contributed by atoms with van der Waals surface area (Å²) >= 11 is 0. The quantitative estimate of drug-likeness (QED) is 0.948. The number of carbonyl (C=O) groups excluding carboxylic acids is 1. The van der Waals surface area contributed by atoms with Crippen molar-refractivity contribution in [1.29, 1.82) is 0 Å². The molecule has 1 aliphatic carbocycles. The van der Waals surface area contributed by atoms with E-state index in [9.17, 15) is 9.18 Å². The van der Waals surface area contributed by atoms with Crippen LogP contribution in [0.1, 0.15) is 28.8 Å². The summed E-state index contributed by atoms with van der Waals surface area (Å²) in [6.07, 6.45) is 1.71. The zero-order valence-electron chi connectivity index (χ0n) is 11.8. The molecule has 1 saturated carbocycles. The van der Waals surface area contributed by atoms with Crippen LogP contribution in [0.5, 0.6) is 11.5 Å². The Kier molecular flexibility index (Phi) is 2.82. The molecule has 0 spiro atoms. The number of nitrogens with one attached hydrogen (secondary N) is 1. The number of hydrogen-bond acceptors (Lipinski definition) is 3. The van der Waals surface area contributed by atoms with E-state index in [0.717, 1.165) is 18.4 Å². The Morgan fingerprint density at radius 2 is 1.77 bits per heavy atom. The Morgan fingerprint density at radius 3 is 2.50 bits per heavy atom. The van der Waals surface area contributed by atoms with Gasteiger partial charge in [-0.3, -0.25) is 4.79 Å². The van der Waals surface area contributed by atoms with Crippen LogP contribution in [0, 0.1) is 5.82 Å². The summed E-state index contributed by atoms with van der Waals surface area (Å²) in [7, 11) is 0. The highest BCUT2D eigenvalue weighted by molar-refractivity contribution is 5.95. The zero-order chi connectivity index (χ0) is 15.2. The second kappa shape index (κ2) is 4.73. The van der Waals surface area contributed by atoms with E-state index in [1.54, 1.807) is 30.3 Å². The fraction of sp³-hybridized carbons (Fsp3) is 0.235. The van der Waals surface area contributed by atoms with Crippen LogP contribution in [0.3, 0.4) is 0 Å². The van der Waals surface area contributed by atoms with Gasteiger partial charge in [-0.25, -0.2) is 4.39 Å². The third-order valence-corrected chi connectivity index (χ3v) is 4.13. The maximum absolute atomic E-state index is 13.0. The van der Waals surface area contributed by atoms with Crippen molar-refractivity contribution in [3.05, 3.63) is 59.4 Å². The molecule has 5 heteroatoms. The van der Waals surface area contributed by atoms with Crippen molar-refractivity contribution in [2.24, 2.45) is 0 Å². The molecule has 4 rings (SSSR count). The second-order valence-corrected chi connectivity index (χ2v) is 5.61. The Balaban J connectivity index is 1.55. The van der Waals surface area contributed by atoms with Crippen LogP contribution in [0.4, 0.5) is 4.39 Å². The fourth-order valence-electron chi connectivity index (χ4n) is 2.71. The highest BCUT2D eigenvalue weighted by Crippen LogP contribution is 2.45. The molecular weight excluding hydrogens is 285 g/mol. The van der Waals surface area contributed by atoms with E-state index in [-0.39, 0.29) is 24.1 Å². The van der Waals surface area contributed by atoms with Crippen LogP contribution in [0.25, 0.3) is 0 Å². The monoisotopic (exact) mass is 299 g/mol. The van der Waals surface area contributed by atoms with E-state index < -0.39 is 0 Å². The van der Waals surface area contributed by atoms with Crippen molar-refractivity contribution in [2.45, 2.75) is 18.4 Å². The van der Waals surface area contributed by atoms with Gasteiger partial charge >= 0.3 is 0 Å². The summed E-state index contributed by atoms with van der Waals surface area (Å²) < 4.78 is 23.6. The summed E-state index contributed by atoms with van der Waals surface area (Å²) in [6, 6.07) is 11.4. The standard InChI is InChI=1S/C17H14FNO3/c18-13-4-2-12(3-5-13)17(7-8-17)19-16(20)11-1-6-14-15(9-11)22-10-21-14/h1-6,9H,7-8,10H2,(H,19,20). The molecule has 2 aromatic rings. The minimum absolute atomic E-state index is 0.167. The molecule has 2 aromatic carbocycles. The first kappa shape index (κ1) is 13.1. The van der Waals surface area contributed by atoms with Crippen LogP contribution in [0.2, 0.25) is 0 Å². The molecule has 0 bridgehead atoms. The average molecular weight is 299 g/mol. The minimum Gasteiger partial charge on any atom is -0.454 e. The molecule has 0 aromatic heterocycles. The van der Waals surface area contributed by atoms with Crippen LogP contribution in [-0.2, 0) is 5.54 Å². The summed E-state index contributed by atoms with van der Waals surface area (Å²) in [6.45, 7) is 0.180. The van der Waals surface area contributed by atoms with Gasteiger partial charge in [-0.15, -0.1) is 0 Å². The summed E-state index contributed by atoms with van der Waals surface area (Å²) in [5, 5.41) is 3.05. The molecule has 0 unspecified atom stereocenters. The SMILES string of the molecule is O=C(NC1(c2ccc(F)cc2)CC1)c1ccc2c(c1)OCO2. The third-order valence-electron chi connectivity index (χ3n) is 4.13. The van der Waals surface area contributed by atoms with E-state index in [4.69, 9.17) is 9.47 Å². The maximum atomic E-state index is 13.0. The van der Waals surface area contributed by atoms with E-state index in [1.807, 2.05) is 0 Å². The molecule has 0 radical (unpaired) electrons. The highest BCUT2D eigenvalue weighted by atomic mass is 19.1. The first-order valence-electron chi connectivity index (χ1n) is 7.15. The molecule has 4 nitrogen and oxygen atoms in total. The highest BCUT2D eigenvalue weighted by Gasteiger charge is 2.45. The molecule has 2 aliphatic rings. The lowest BCUT2D eigenvalue weighted by Crippen LogP contribution is -2.34. The number of benzene rings is 2. The summed E-state index contributed by atoms with van der Waals surface area (Å²) in [4.78, 5) is 12.5. The molecule has 1 heterocycles. The van der Waals surface area contributed by atoms with Crippen molar-refractivity contribution in [1.82, 2.24) is 5.32 Å². The predicted molar refractivity (Wildman–Crippen MR) is 77.3 cm³/mol. The largest absolute Gasteiger partial charge is 0.454 e. The van der Waals surface area contributed by atoms with Gasteiger partial charge in [0.15, 0.2) is 11.5 Å². The van der Waals surface area contributed by atoms with Gasteiger partial charge in [-0.2, -0.15) is 0 Å². The molecule has 1 N–H and O–H groups in total. The average Bonchev–Trinajstić information content (AvgIpc) is 3.14. The van der Waals surface area contributed by atoms with Gasteiger partial charge in [0.1, 0.15) is 5.82 Å². The van der Waals surface area contributed by atoms with E-state index in [2.05, 4.69) is 5.32 Å². The van der Waals surface area contributed by atoms with Gasteiger partial charge < -0.3 is 14.8 Å². The minimum atomic E-state index is -0.374. The number of rotatable bonds is 3. The zero-order valence-corrected chi connectivity index (χ0v) is 11.8. The van der Waals surface area contributed by atoms with Crippen LogP contribution < -0.4 is 14.8 Å². The van der Waals surface area contributed by atoms with Gasteiger partial charge in [-0.05, 0) is 48.7 Å². The smallest absolute Gasteiger partial charge is 0.252 e. The number of ether oxygens (including phenoxy) is 2. The van der Waals surface area contributed by atoms with Crippen LogP contribution in [0.15, 0.2) is 42.5 Å². The van der Waals surface area contributed by atoms with Gasteiger partial charge in [0, 0.05) is 5.56 Å². The normalized spacial score (nSPS) is 17.1. The maximum Gasteiger partial charge on any atom is 0.252 e. The second-order valence-electron chi connectivity index (χ2n) is 5.61. The lowest BCUT2D eigenvalue weighted by Gasteiger charge is -2.18. The van der Waals surface area contributed by atoms with Crippen LogP contribution >= 0.6 is 0 Å². The molecule has 112 valence electrons. The summed E-state index contributed by atoms with van der Waals surface area (Å²) in [5.41, 5.74) is 1.09. The molecule has 0 atom stereocenters. The Labute approximate surface area is 126 Å². The Bertz CT molecular complexity index is 738. The third kappa shape index (κ3) is 2.19. The molecule has 0 saturated heterocycles. The van der Waals surface area contributed by atoms with Gasteiger partial charge in [0.2, 0.25) is 6.79 Å². The lowest BCUT2D eigenvalue weighted by atomic mass is 10.0. The molecule has 1 amide bonds. The first-order chi connectivity index (χ1) is 10.7. The van der Waals surface area contributed by atoms with E-state index >= 15 is 0 Å². The number of carbonyl (C=O) groups is 1. The molecule has 22 heavy (non-hydrogen) atoms. The van der Waals surface area contributed by atoms with Crippen molar-refractivity contribution in [3.8, 4) is 11.5 Å². The summed E-state index contributed by atoms with van der Waals surface area (Å²) in [5.74, 6) is 0.789. The van der Waals surface area contributed by atoms with Crippen molar-refractivity contribution in [3.63, 3.8) is 0 Å². The predicted octanol–water partition coefficient (Wildman–Crippen LogP) is 2.97. The number of hydrogen-bond donors (Lipinski definition) is 1. The van der Waals surface area contributed by atoms with Crippen molar-refractivity contribution in [2.75, 3.05) is 6.79 Å². The molecule has 1 aliphatic heterocycles. The van der Waals surface area contributed by atoms with Gasteiger partial charge in [-0.1, -0.05) is 12.1 Å². The van der Waals surface area contributed by atoms with E-state index in [0.29, 0.717) is 17.1 Å². The Hall–Kier alpha value is -2.56. The number of halogens is 1. The first-order valence-corrected chi connectivity index (χ1v) is 7.15. The lowest BCUT2D eigenvalue weighted by molar-refractivity contribution is 0.0930. The molecular formula is C17H14FNO3. The van der Waals surface area contributed by atoms with Crippen molar-refractivity contribution < 1.29 is 18.7 Å². The number of amides is 1. The Morgan fingerprint density at radius 1 is 1.05 bits per heavy atom. The van der Waals surface area contributed by atoms with Crippen molar-refractivity contribution >= 4 is 5.91 Å². The topological polar surface area (TPSA) is 47.6 Å². The fourth-order valence-corrected chi connectivity index (χ4v) is 2.71. The van der Waals surface area contributed by atoms with E-state index in [1.165, 1.54) is 12.1 Å². The van der Waals surface area contributed by atoms with Crippen LogP contribution in [-0.4, -0.2) is 12.7 Å².